The van der Waals surface area contributed by atoms with Gasteiger partial charge in [-0.1, -0.05) is 18.2 Å². The van der Waals surface area contributed by atoms with E-state index >= 15 is 0 Å². The molecule has 1 aromatic carbocycles. The van der Waals surface area contributed by atoms with Crippen LogP contribution < -0.4 is 10.6 Å². The van der Waals surface area contributed by atoms with Gasteiger partial charge in [-0.25, -0.2) is 0 Å². The number of hydrogen-bond acceptors (Lipinski definition) is 3. The molecule has 0 radical (unpaired) electrons. The number of benzene rings is 1. The van der Waals surface area contributed by atoms with E-state index in [2.05, 4.69) is 47.9 Å². The maximum Gasteiger partial charge on any atom is 0.0396 e. The van der Waals surface area contributed by atoms with Gasteiger partial charge in [-0.15, -0.1) is 0 Å². The van der Waals surface area contributed by atoms with Crippen molar-refractivity contribution in [2.24, 2.45) is 5.73 Å². The van der Waals surface area contributed by atoms with Crippen LogP contribution in [0.15, 0.2) is 24.3 Å². The largest absolute Gasteiger partial charge is 0.369 e. The van der Waals surface area contributed by atoms with Gasteiger partial charge in [0, 0.05) is 44.5 Å². The maximum absolute atomic E-state index is 5.72. The summed E-state index contributed by atoms with van der Waals surface area (Å²) in [7, 11) is 0. The Morgan fingerprint density at radius 1 is 1.18 bits per heavy atom. The van der Waals surface area contributed by atoms with Crippen LogP contribution in [0.2, 0.25) is 0 Å². The molecule has 0 saturated carbocycles. The zero-order chi connectivity index (χ0) is 12.3. The van der Waals surface area contributed by atoms with E-state index in [4.69, 9.17) is 5.73 Å². The zero-order valence-electron chi connectivity index (χ0n) is 10.9. The Morgan fingerprint density at radius 3 is 2.41 bits per heavy atom. The van der Waals surface area contributed by atoms with Crippen LogP contribution in [0.4, 0.5) is 5.69 Å². The summed E-state index contributed by atoms with van der Waals surface area (Å²) in [6.45, 7) is 9.60. The molecule has 1 saturated heterocycles. The molecule has 1 atom stereocenters. The predicted octanol–water partition coefficient (Wildman–Crippen LogP) is 1.46. The van der Waals surface area contributed by atoms with E-state index < -0.39 is 0 Å². The fourth-order valence-corrected chi connectivity index (χ4v) is 2.47. The maximum atomic E-state index is 5.72. The van der Waals surface area contributed by atoms with Gasteiger partial charge in [-0.05, 0) is 25.5 Å². The summed E-state index contributed by atoms with van der Waals surface area (Å²) in [4.78, 5) is 4.96. The average Bonchev–Trinajstić information content (AvgIpc) is 2.39. The van der Waals surface area contributed by atoms with Gasteiger partial charge in [0.2, 0.25) is 0 Å². The number of rotatable bonds is 3. The number of nitrogens with two attached hydrogens (primary N) is 1. The van der Waals surface area contributed by atoms with Crippen LogP contribution in [-0.4, -0.2) is 43.7 Å². The fraction of sp³-hybridized carbons (Fsp3) is 0.571. The van der Waals surface area contributed by atoms with E-state index in [0.29, 0.717) is 6.04 Å². The van der Waals surface area contributed by atoms with E-state index in [9.17, 15) is 0 Å². The minimum atomic E-state index is 0.508. The highest BCUT2D eigenvalue weighted by Gasteiger charge is 2.20. The van der Waals surface area contributed by atoms with Crippen LogP contribution in [0, 0.1) is 6.92 Å². The fourth-order valence-electron chi connectivity index (χ4n) is 2.47. The lowest BCUT2D eigenvalue weighted by molar-refractivity contribution is 0.201. The molecule has 1 unspecified atom stereocenters. The first-order chi connectivity index (χ1) is 8.22. The highest BCUT2D eigenvalue weighted by Crippen LogP contribution is 2.21. The summed E-state index contributed by atoms with van der Waals surface area (Å²) in [5, 5.41) is 0. The number of anilines is 1. The molecule has 1 heterocycles. The van der Waals surface area contributed by atoms with Gasteiger partial charge < -0.3 is 10.6 Å². The van der Waals surface area contributed by atoms with E-state index in [1.54, 1.807) is 0 Å². The molecular formula is C14H23N3. The molecule has 3 nitrogen and oxygen atoms in total. The Labute approximate surface area is 104 Å². The number of hydrogen-bond donors (Lipinski definition) is 1. The van der Waals surface area contributed by atoms with E-state index in [1.165, 1.54) is 11.3 Å². The second-order valence-electron chi connectivity index (χ2n) is 4.89. The first kappa shape index (κ1) is 12.4. The third kappa shape index (κ3) is 2.79. The standard InChI is InChI=1S/C14H23N3/c1-12-5-3-4-6-14(12)17-9-7-16(8-10-17)13(2)11-15/h3-6,13H,7-11,15H2,1-2H3. The molecule has 0 amide bonds. The molecule has 2 N–H and O–H groups in total. The molecular weight excluding hydrogens is 210 g/mol. The molecule has 3 heteroatoms. The van der Waals surface area contributed by atoms with Crippen molar-refractivity contribution in [1.82, 2.24) is 4.90 Å². The van der Waals surface area contributed by atoms with Crippen LogP contribution in [0.25, 0.3) is 0 Å². The number of nitrogens with zero attached hydrogens (tertiary/aromatic N) is 2. The monoisotopic (exact) mass is 233 g/mol. The zero-order valence-corrected chi connectivity index (χ0v) is 10.9. The van der Waals surface area contributed by atoms with Gasteiger partial charge in [0.15, 0.2) is 0 Å². The van der Waals surface area contributed by atoms with Gasteiger partial charge in [-0.2, -0.15) is 0 Å². The second-order valence-corrected chi connectivity index (χ2v) is 4.89. The average molecular weight is 233 g/mol. The molecule has 1 aliphatic rings. The van der Waals surface area contributed by atoms with Gasteiger partial charge >= 0.3 is 0 Å². The summed E-state index contributed by atoms with van der Waals surface area (Å²) >= 11 is 0. The van der Waals surface area contributed by atoms with Crippen molar-refractivity contribution < 1.29 is 0 Å². The van der Waals surface area contributed by atoms with Crippen LogP contribution >= 0.6 is 0 Å². The second kappa shape index (κ2) is 5.52. The topological polar surface area (TPSA) is 32.5 Å². The highest BCUT2D eigenvalue weighted by atomic mass is 15.3. The van der Waals surface area contributed by atoms with Crippen LogP contribution in [0.5, 0.6) is 0 Å². The Morgan fingerprint density at radius 2 is 1.82 bits per heavy atom. The van der Waals surface area contributed by atoms with Gasteiger partial charge in [0.25, 0.3) is 0 Å². The van der Waals surface area contributed by atoms with E-state index in [0.717, 1.165) is 32.7 Å². The SMILES string of the molecule is Cc1ccccc1N1CCN(C(C)CN)CC1. The lowest BCUT2D eigenvalue weighted by Gasteiger charge is -2.39. The molecule has 17 heavy (non-hydrogen) atoms. The first-order valence-electron chi connectivity index (χ1n) is 6.47. The van der Waals surface area contributed by atoms with Crippen LogP contribution in [-0.2, 0) is 0 Å². The van der Waals surface area contributed by atoms with Gasteiger partial charge in [0.1, 0.15) is 0 Å². The summed E-state index contributed by atoms with van der Waals surface area (Å²) in [6, 6.07) is 9.14. The van der Waals surface area contributed by atoms with E-state index in [-0.39, 0.29) is 0 Å². The highest BCUT2D eigenvalue weighted by molar-refractivity contribution is 5.53. The van der Waals surface area contributed by atoms with E-state index in [1.807, 2.05) is 0 Å². The van der Waals surface area contributed by atoms with Gasteiger partial charge in [-0.3, -0.25) is 4.90 Å². The van der Waals surface area contributed by atoms with Gasteiger partial charge in [0.05, 0.1) is 0 Å². The molecule has 1 fully saturated rings. The van der Waals surface area contributed by atoms with Crippen molar-refractivity contribution >= 4 is 5.69 Å². The number of para-hydroxylation sites is 1. The smallest absolute Gasteiger partial charge is 0.0396 e. The molecule has 1 aliphatic heterocycles. The summed E-state index contributed by atoms with van der Waals surface area (Å²) in [6.07, 6.45) is 0. The number of piperazine rings is 1. The summed E-state index contributed by atoms with van der Waals surface area (Å²) in [5.41, 5.74) is 8.47. The predicted molar refractivity (Wildman–Crippen MR) is 73.5 cm³/mol. The van der Waals surface area contributed by atoms with Crippen molar-refractivity contribution in [1.29, 1.82) is 0 Å². The first-order valence-corrected chi connectivity index (χ1v) is 6.47. The minimum absolute atomic E-state index is 0.508. The lowest BCUT2D eigenvalue weighted by atomic mass is 10.1. The van der Waals surface area contributed by atoms with Crippen molar-refractivity contribution in [2.75, 3.05) is 37.6 Å². The molecule has 0 aliphatic carbocycles. The Hall–Kier alpha value is -1.06. The Balaban J connectivity index is 1.98. The third-order valence-corrected chi connectivity index (χ3v) is 3.73. The molecule has 0 aromatic heterocycles. The quantitative estimate of drug-likeness (QED) is 0.858. The molecule has 2 rings (SSSR count). The lowest BCUT2D eigenvalue weighted by Crippen LogP contribution is -2.51. The normalized spacial score (nSPS) is 19.4. The minimum Gasteiger partial charge on any atom is -0.369 e. The number of aryl methyl sites for hydroxylation is 1. The summed E-state index contributed by atoms with van der Waals surface area (Å²) in [5.74, 6) is 0. The molecule has 0 spiro atoms. The van der Waals surface area contributed by atoms with Crippen LogP contribution in [0.3, 0.4) is 0 Å². The van der Waals surface area contributed by atoms with Crippen molar-refractivity contribution in [2.45, 2.75) is 19.9 Å². The van der Waals surface area contributed by atoms with Crippen molar-refractivity contribution in [3.63, 3.8) is 0 Å². The molecule has 94 valence electrons. The van der Waals surface area contributed by atoms with Crippen molar-refractivity contribution in [3.05, 3.63) is 29.8 Å². The third-order valence-electron chi connectivity index (χ3n) is 3.73. The molecule has 1 aromatic rings. The van der Waals surface area contributed by atoms with Crippen molar-refractivity contribution in [3.8, 4) is 0 Å². The molecule has 0 bridgehead atoms. The summed E-state index contributed by atoms with van der Waals surface area (Å²) < 4.78 is 0. The Bertz CT molecular complexity index is 356. The van der Waals surface area contributed by atoms with Crippen LogP contribution in [0.1, 0.15) is 12.5 Å². The Kier molecular flexibility index (Phi) is 4.02.